The second-order valence-electron chi connectivity index (χ2n) is 10.5. The molecule has 4 rings (SSSR count). The third-order valence-electron chi connectivity index (χ3n) is 7.43. The average Bonchev–Trinajstić information content (AvgIpc) is 3.37. The number of rotatable bonds is 12. The predicted octanol–water partition coefficient (Wildman–Crippen LogP) is 2.66. The van der Waals surface area contributed by atoms with Gasteiger partial charge in [0.15, 0.2) is 0 Å². The summed E-state index contributed by atoms with van der Waals surface area (Å²) in [7, 11) is 3.12. The van der Waals surface area contributed by atoms with E-state index in [0.717, 1.165) is 25.0 Å². The molecule has 0 saturated carbocycles. The summed E-state index contributed by atoms with van der Waals surface area (Å²) in [4.78, 5) is 32.1. The molecule has 2 amide bonds. The molecule has 1 atom stereocenters. The lowest BCUT2D eigenvalue weighted by molar-refractivity contribution is -0.142. The Morgan fingerprint density at radius 1 is 1.12 bits per heavy atom. The Balaban J connectivity index is 1.75. The van der Waals surface area contributed by atoms with Gasteiger partial charge < -0.3 is 24.4 Å². The minimum atomic E-state index is -0.949. The molecule has 1 fully saturated rings. The molecule has 11 nitrogen and oxygen atoms in total. The van der Waals surface area contributed by atoms with Crippen LogP contribution in [0.4, 0.5) is 0 Å². The third kappa shape index (κ3) is 6.89. The van der Waals surface area contributed by atoms with Gasteiger partial charge in [-0.2, -0.15) is 0 Å². The predicted molar refractivity (Wildman–Crippen MR) is 151 cm³/mol. The second kappa shape index (κ2) is 13.1. The summed E-state index contributed by atoms with van der Waals surface area (Å²) in [6.07, 6.45) is 0.720. The first-order valence-corrected chi connectivity index (χ1v) is 13.7. The lowest BCUT2D eigenvalue weighted by atomic mass is 9.97. The molecule has 1 unspecified atom stereocenters. The maximum Gasteiger partial charge on any atom is 0.248 e. The van der Waals surface area contributed by atoms with Crippen LogP contribution in [0.3, 0.4) is 0 Å². The van der Waals surface area contributed by atoms with Crippen LogP contribution in [-0.4, -0.2) is 95.8 Å². The van der Waals surface area contributed by atoms with Gasteiger partial charge in [-0.1, -0.05) is 24.3 Å². The number of morpholine rings is 1. The smallest absolute Gasteiger partial charge is 0.248 e. The molecular weight excluding hydrogens is 512 g/mol. The van der Waals surface area contributed by atoms with Crippen LogP contribution >= 0.6 is 0 Å². The second-order valence-corrected chi connectivity index (χ2v) is 10.5. The van der Waals surface area contributed by atoms with Crippen LogP contribution in [0.2, 0.25) is 0 Å². The van der Waals surface area contributed by atoms with Gasteiger partial charge in [-0.05, 0) is 44.5 Å². The first-order chi connectivity index (χ1) is 19.3. The molecule has 40 heavy (non-hydrogen) atoms. The van der Waals surface area contributed by atoms with E-state index in [4.69, 9.17) is 14.2 Å². The van der Waals surface area contributed by atoms with Crippen molar-refractivity contribution in [1.29, 1.82) is 0 Å². The zero-order valence-electron chi connectivity index (χ0n) is 24.1. The molecule has 3 aromatic rings. The van der Waals surface area contributed by atoms with Gasteiger partial charge in [-0.3, -0.25) is 14.5 Å². The van der Waals surface area contributed by atoms with Gasteiger partial charge >= 0.3 is 0 Å². The zero-order valence-corrected chi connectivity index (χ0v) is 24.1. The van der Waals surface area contributed by atoms with Crippen molar-refractivity contribution < 1.29 is 23.8 Å². The highest BCUT2D eigenvalue weighted by atomic mass is 16.5. The number of amides is 2. The number of methoxy groups -OCH3 is 2. The van der Waals surface area contributed by atoms with Gasteiger partial charge in [-0.25, -0.2) is 4.68 Å². The van der Waals surface area contributed by atoms with E-state index in [1.165, 1.54) is 0 Å². The molecular formula is C29H40N6O5. The summed E-state index contributed by atoms with van der Waals surface area (Å²) >= 11 is 0. The molecule has 2 heterocycles. The van der Waals surface area contributed by atoms with Gasteiger partial charge in [0.2, 0.25) is 11.8 Å². The Morgan fingerprint density at radius 2 is 1.88 bits per heavy atom. The number of carbonyl (C=O) groups is 2. The summed E-state index contributed by atoms with van der Waals surface area (Å²) in [5, 5.41) is 11.6. The first kappa shape index (κ1) is 29.3. The van der Waals surface area contributed by atoms with E-state index in [2.05, 4.69) is 20.5 Å². The van der Waals surface area contributed by atoms with Crippen LogP contribution in [0.15, 0.2) is 42.5 Å². The zero-order chi connectivity index (χ0) is 28.7. The Morgan fingerprint density at radius 3 is 2.58 bits per heavy atom. The molecule has 1 aliphatic rings. The highest BCUT2D eigenvalue weighted by molar-refractivity contribution is 5.90. The Bertz CT molecular complexity index is 1300. The van der Waals surface area contributed by atoms with Crippen LogP contribution in [0, 0.1) is 0 Å². The van der Waals surface area contributed by atoms with Crippen molar-refractivity contribution in [3.63, 3.8) is 0 Å². The van der Waals surface area contributed by atoms with Gasteiger partial charge in [0.25, 0.3) is 0 Å². The van der Waals surface area contributed by atoms with E-state index < -0.39 is 11.6 Å². The summed E-state index contributed by atoms with van der Waals surface area (Å²) in [5.74, 6) is 0.517. The summed E-state index contributed by atoms with van der Waals surface area (Å²) in [6.45, 7) is 9.60. The quantitative estimate of drug-likeness (QED) is 0.365. The fourth-order valence-electron chi connectivity index (χ4n) is 4.71. The SMILES string of the molecule is CCC(C)(C)NC(=O)C(c1ccc(OC)cc1OC)N(CCN1CCOCC1)C(=O)Cn1nnc2ccccc21. The van der Waals surface area contributed by atoms with Crippen molar-refractivity contribution in [1.82, 2.24) is 30.1 Å². The highest BCUT2D eigenvalue weighted by Gasteiger charge is 2.36. The summed E-state index contributed by atoms with van der Waals surface area (Å²) < 4.78 is 18.2. The third-order valence-corrected chi connectivity index (χ3v) is 7.43. The Labute approximate surface area is 235 Å². The van der Waals surface area contributed by atoms with Crippen molar-refractivity contribution in [3.8, 4) is 11.5 Å². The maximum absolute atomic E-state index is 14.2. The van der Waals surface area contributed by atoms with E-state index >= 15 is 0 Å². The van der Waals surface area contributed by atoms with Gasteiger partial charge in [0.05, 0.1) is 33.0 Å². The molecule has 0 aliphatic carbocycles. The molecule has 1 N–H and O–H groups in total. The van der Waals surface area contributed by atoms with Gasteiger partial charge in [0.1, 0.15) is 29.6 Å². The number of nitrogens with zero attached hydrogens (tertiary/aromatic N) is 5. The molecule has 1 saturated heterocycles. The normalized spacial score (nSPS) is 15.0. The van der Waals surface area contributed by atoms with Gasteiger partial charge in [0, 0.05) is 43.3 Å². The lowest BCUT2D eigenvalue weighted by Gasteiger charge is -2.36. The summed E-state index contributed by atoms with van der Waals surface area (Å²) in [6, 6.07) is 11.8. The molecule has 1 aliphatic heterocycles. The molecule has 11 heteroatoms. The van der Waals surface area contributed by atoms with Crippen LogP contribution in [0.1, 0.15) is 38.8 Å². The molecule has 2 aromatic carbocycles. The van der Waals surface area contributed by atoms with Gasteiger partial charge in [-0.15, -0.1) is 5.10 Å². The molecule has 0 radical (unpaired) electrons. The number of fused-ring (bicyclic) bond motifs is 1. The summed E-state index contributed by atoms with van der Waals surface area (Å²) in [5.41, 5.74) is 1.55. The van der Waals surface area contributed by atoms with E-state index in [9.17, 15) is 9.59 Å². The Kier molecular flexibility index (Phi) is 9.59. The van der Waals surface area contributed by atoms with E-state index in [1.54, 1.807) is 42.0 Å². The molecule has 0 spiro atoms. The molecule has 1 aromatic heterocycles. The largest absolute Gasteiger partial charge is 0.497 e. The number of benzene rings is 2. The van der Waals surface area contributed by atoms with E-state index in [-0.39, 0.29) is 18.4 Å². The molecule has 0 bridgehead atoms. The van der Waals surface area contributed by atoms with E-state index in [1.807, 2.05) is 45.0 Å². The number of nitrogens with one attached hydrogen (secondary N) is 1. The maximum atomic E-state index is 14.2. The minimum Gasteiger partial charge on any atom is -0.497 e. The van der Waals surface area contributed by atoms with E-state index in [0.29, 0.717) is 48.9 Å². The van der Waals surface area contributed by atoms with Crippen LogP contribution < -0.4 is 14.8 Å². The van der Waals surface area contributed by atoms with Crippen molar-refractivity contribution in [2.24, 2.45) is 0 Å². The first-order valence-electron chi connectivity index (χ1n) is 13.7. The number of para-hydroxylation sites is 1. The fourth-order valence-corrected chi connectivity index (χ4v) is 4.71. The minimum absolute atomic E-state index is 0.0664. The number of hydrogen-bond acceptors (Lipinski definition) is 8. The van der Waals surface area contributed by atoms with Crippen molar-refractivity contribution in [2.75, 3.05) is 53.6 Å². The van der Waals surface area contributed by atoms with Crippen LogP contribution in [-0.2, 0) is 20.9 Å². The standard InChI is InChI=1S/C29H40N6O5/c1-6-29(2,3)30-28(37)27(22-12-11-21(38-4)19-25(22)39-5)34(14-13-33-15-17-40-18-16-33)26(36)20-35-24-10-8-7-9-23(24)31-32-35/h7-12,19,27H,6,13-18,20H2,1-5H3,(H,30,37). The van der Waals surface area contributed by atoms with Crippen molar-refractivity contribution >= 4 is 22.8 Å². The highest BCUT2D eigenvalue weighted by Crippen LogP contribution is 2.34. The fraction of sp³-hybridized carbons (Fsp3) is 0.517. The lowest BCUT2D eigenvalue weighted by Crippen LogP contribution is -2.52. The number of ether oxygens (including phenoxy) is 3. The molecule has 216 valence electrons. The van der Waals surface area contributed by atoms with Crippen molar-refractivity contribution in [3.05, 3.63) is 48.0 Å². The topological polar surface area (TPSA) is 111 Å². The van der Waals surface area contributed by atoms with Crippen LogP contribution in [0.5, 0.6) is 11.5 Å². The van der Waals surface area contributed by atoms with Crippen LogP contribution in [0.25, 0.3) is 11.0 Å². The number of hydrogen-bond donors (Lipinski definition) is 1. The number of carbonyl (C=O) groups excluding carboxylic acids is 2. The average molecular weight is 553 g/mol. The number of aromatic nitrogens is 3. The van der Waals surface area contributed by atoms with Crippen molar-refractivity contribution in [2.45, 2.75) is 45.3 Å². The monoisotopic (exact) mass is 552 g/mol. The Hall–Kier alpha value is -3.70.